The van der Waals surface area contributed by atoms with Gasteiger partial charge in [-0.05, 0) is 39.2 Å². The summed E-state index contributed by atoms with van der Waals surface area (Å²) in [4.78, 5) is 11.7. The van der Waals surface area contributed by atoms with Gasteiger partial charge in [0.25, 0.3) is 0 Å². The second kappa shape index (κ2) is 7.72. The summed E-state index contributed by atoms with van der Waals surface area (Å²) in [5, 5.41) is 0. The zero-order valence-electron chi connectivity index (χ0n) is 11.0. The number of esters is 1. The number of carbonyl (C=O) groups excluding carboxylic acids is 1. The number of hydrogen-bond donors (Lipinski definition) is 0. The van der Waals surface area contributed by atoms with Crippen LogP contribution < -0.4 is 0 Å². The van der Waals surface area contributed by atoms with Crippen LogP contribution >= 0.6 is 7.60 Å². The molecule has 0 fully saturated rings. The van der Waals surface area contributed by atoms with Gasteiger partial charge in [-0.3, -0.25) is 9.36 Å². The molecule has 0 N–H and O–H groups in total. The first-order chi connectivity index (χ1) is 8.59. The summed E-state index contributed by atoms with van der Waals surface area (Å²) in [6.07, 6.45) is 6.17. The average molecular weight is 276 g/mol. The summed E-state index contributed by atoms with van der Waals surface area (Å²) in [6, 6.07) is 0. The molecule has 104 valence electrons. The van der Waals surface area contributed by atoms with Crippen LogP contribution in [-0.2, 0) is 23.1 Å². The van der Waals surface area contributed by atoms with Gasteiger partial charge in [0, 0.05) is 0 Å². The first-order valence-corrected chi connectivity index (χ1v) is 8.06. The molecule has 0 spiro atoms. The smallest absolute Gasteiger partial charge is 0.341 e. The Bertz CT molecular complexity index is 329. The quantitative estimate of drug-likeness (QED) is 0.406. The zero-order valence-corrected chi connectivity index (χ0v) is 11.9. The van der Waals surface area contributed by atoms with Crippen LogP contribution in [0.25, 0.3) is 0 Å². The third-order valence-corrected chi connectivity index (χ3v) is 4.42. The van der Waals surface area contributed by atoms with E-state index in [1.807, 2.05) is 12.2 Å². The number of carbonyl (C=O) groups is 1. The zero-order chi connectivity index (χ0) is 13.4. The van der Waals surface area contributed by atoms with Crippen molar-refractivity contribution in [3.8, 4) is 0 Å². The number of ether oxygens (including phenoxy) is 1. The minimum Gasteiger partial charge on any atom is -0.458 e. The summed E-state index contributed by atoms with van der Waals surface area (Å²) in [5.74, 6) is -0.531. The lowest BCUT2D eigenvalue weighted by Crippen LogP contribution is -2.21. The maximum Gasteiger partial charge on any atom is 0.341 e. The van der Waals surface area contributed by atoms with Gasteiger partial charge in [-0.25, -0.2) is 0 Å². The highest BCUT2D eigenvalue weighted by Crippen LogP contribution is 2.47. The number of hydrogen-bond acceptors (Lipinski definition) is 5. The van der Waals surface area contributed by atoms with Crippen molar-refractivity contribution >= 4 is 13.6 Å². The summed E-state index contributed by atoms with van der Waals surface area (Å²) < 4.78 is 27.4. The van der Waals surface area contributed by atoms with Crippen LogP contribution in [0.2, 0.25) is 0 Å². The largest absolute Gasteiger partial charge is 0.458 e. The third kappa shape index (κ3) is 5.34. The summed E-state index contributed by atoms with van der Waals surface area (Å²) >= 11 is 0. The Hall–Kier alpha value is -0.640. The molecule has 1 unspecified atom stereocenters. The van der Waals surface area contributed by atoms with Gasteiger partial charge in [-0.2, -0.15) is 0 Å². The van der Waals surface area contributed by atoms with Crippen molar-refractivity contribution in [2.45, 2.75) is 39.2 Å². The van der Waals surface area contributed by atoms with Crippen LogP contribution in [0.5, 0.6) is 0 Å². The van der Waals surface area contributed by atoms with Crippen molar-refractivity contribution in [1.29, 1.82) is 0 Å². The molecule has 0 aromatic heterocycles. The Kier molecular flexibility index (Phi) is 6.61. The average Bonchev–Trinajstić information content (AvgIpc) is 2.30. The molecule has 0 aromatic rings. The molecule has 0 heterocycles. The summed E-state index contributed by atoms with van der Waals surface area (Å²) in [6.45, 7) is 3.91. The van der Waals surface area contributed by atoms with E-state index in [2.05, 4.69) is 0 Å². The first-order valence-electron chi connectivity index (χ1n) is 6.34. The fourth-order valence-electron chi connectivity index (χ4n) is 1.77. The second-order valence-corrected chi connectivity index (χ2v) is 6.05. The van der Waals surface area contributed by atoms with Crippen molar-refractivity contribution in [2.75, 3.05) is 19.4 Å². The van der Waals surface area contributed by atoms with Crippen molar-refractivity contribution in [2.24, 2.45) is 0 Å². The van der Waals surface area contributed by atoms with E-state index in [9.17, 15) is 9.36 Å². The predicted octanol–water partition coefficient (Wildman–Crippen LogP) is 2.90. The van der Waals surface area contributed by atoms with Crippen molar-refractivity contribution in [3.63, 3.8) is 0 Å². The maximum atomic E-state index is 12.1. The second-order valence-electron chi connectivity index (χ2n) is 3.99. The Morgan fingerprint density at radius 3 is 2.50 bits per heavy atom. The first kappa shape index (κ1) is 15.4. The van der Waals surface area contributed by atoms with Crippen molar-refractivity contribution < 1.29 is 23.1 Å². The monoisotopic (exact) mass is 276 g/mol. The Morgan fingerprint density at radius 1 is 1.33 bits per heavy atom. The fraction of sp³-hybridized carbons (Fsp3) is 0.750. The maximum absolute atomic E-state index is 12.1. The SMILES string of the molecule is CCOP(=O)(CC(=O)OC1C=CCCC1)OCC. The summed E-state index contributed by atoms with van der Waals surface area (Å²) in [7, 11) is -3.34. The molecule has 1 aliphatic rings. The van der Waals surface area contributed by atoms with Gasteiger partial charge in [-0.15, -0.1) is 0 Å². The van der Waals surface area contributed by atoms with Gasteiger partial charge < -0.3 is 13.8 Å². The van der Waals surface area contributed by atoms with Crippen LogP contribution in [0, 0.1) is 0 Å². The highest BCUT2D eigenvalue weighted by atomic mass is 31.2. The van der Waals surface area contributed by atoms with Crippen LogP contribution in [-0.4, -0.2) is 31.4 Å². The van der Waals surface area contributed by atoms with E-state index in [4.69, 9.17) is 13.8 Å². The predicted molar refractivity (Wildman–Crippen MR) is 68.6 cm³/mol. The lowest BCUT2D eigenvalue weighted by Gasteiger charge is -2.20. The van der Waals surface area contributed by atoms with E-state index in [1.54, 1.807) is 13.8 Å². The molecule has 1 aliphatic carbocycles. The van der Waals surface area contributed by atoms with Crippen molar-refractivity contribution in [1.82, 2.24) is 0 Å². The van der Waals surface area contributed by atoms with Crippen LogP contribution in [0.15, 0.2) is 12.2 Å². The number of allylic oxidation sites excluding steroid dienone is 1. The van der Waals surface area contributed by atoms with Gasteiger partial charge >= 0.3 is 13.6 Å². The Balaban J connectivity index is 2.47. The molecule has 6 heteroatoms. The molecular formula is C12H21O5P. The molecule has 0 saturated heterocycles. The Labute approximate surface area is 108 Å². The minimum absolute atomic E-state index is 0.206. The lowest BCUT2D eigenvalue weighted by atomic mass is 10.1. The van der Waals surface area contributed by atoms with E-state index in [0.717, 1.165) is 19.3 Å². The topological polar surface area (TPSA) is 61.8 Å². The van der Waals surface area contributed by atoms with Crippen LogP contribution in [0.3, 0.4) is 0 Å². The molecule has 0 saturated carbocycles. The van der Waals surface area contributed by atoms with Gasteiger partial charge in [0.1, 0.15) is 12.3 Å². The molecule has 1 atom stereocenters. The van der Waals surface area contributed by atoms with E-state index < -0.39 is 13.6 Å². The molecule has 0 bridgehead atoms. The van der Waals surface area contributed by atoms with E-state index in [-0.39, 0.29) is 25.5 Å². The molecule has 5 nitrogen and oxygen atoms in total. The van der Waals surface area contributed by atoms with Gasteiger partial charge in [-0.1, -0.05) is 6.08 Å². The third-order valence-electron chi connectivity index (χ3n) is 2.47. The molecule has 0 aromatic carbocycles. The number of rotatable bonds is 7. The molecular weight excluding hydrogens is 255 g/mol. The van der Waals surface area contributed by atoms with Gasteiger partial charge in [0.15, 0.2) is 0 Å². The Morgan fingerprint density at radius 2 is 2.00 bits per heavy atom. The molecule has 0 aliphatic heterocycles. The molecule has 0 amide bonds. The van der Waals surface area contributed by atoms with E-state index >= 15 is 0 Å². The lowest BCUT2D eigenvalue weighted by molar-refractivity contribution is -0.144. The normalized spacial score (nSPS) is 19.8. The molecule has 18 heavy (non-hydrogen) atoms. The van der Waals surface area contributed by atoms with Gasteiger partial charge in [0.2, 0.25) is 0 Å². The van der Waals surface area contributed by atoms with E-state index in [1.165, 1.54) is 0 Å². The molecule has 1 rings (SSSR count). The van der Waals surface area contributed by atoms with Gasteiger partial charge in [0.05, 0.1) is 13.2 Å². The standard InChI is InChI=1S/C12H21O5P/c1-3-15-18(14,16-4-2)10-12(13)17-11-8-6-5-7-9-11/h6,8,11H,3-5,7,9-10H2,1-2H3. The molecule has 0 radical (unpaired) electrons. The van der Waals surface area contributed by atoms with E-state index in [0.29, 0.717) is 0 Å². The minimum atomic E-state index is -3.34. The van der Waals surface area contributed by atoms with Crippen LogP contribution in [0.1, 0.15) is 33.1 Å². The highest BCUT2D eigenvalue weighted by molar-refractivity contribution is 7.54. The van der Waals surface area contributed by atoms with Crippen molar-refractivity contribution in [3.05, 3.63) is 12.2 Å². The van der Waals surface area contributed by atoms with Crippen LogP contribution in [0.4, 0.5) is 0 Å². The fourth-order valence-corrected chi connectivity index (χ4v) is 3.20. The highest BCUT2D eigenvalue weighted by Gasteiger charge is 2.29. The summed E-state index contributed by atoms with van der Waals surface area (Å²) in [5.41, 5.74) is 0.